The average molecular weight is 543 g/mol. The SMILES string of the molecule is CCN(CC)CCNC(=O)C1=C(C)CC(/C=C2\C(=O)Cc3cc(F)c(-c4cnc5c(c4C)NCCC5)cc32)=C1C. The Kier molecular flexibility index (Phi) is 8.04. The van der Waals surface area contributed by atoms with Crippen LogP contribution in [0.4, 0.5) is 10.1 Å². The van der Waals surface area contributed by atoms with Crippen molar-refractivity contribution in [3.8, 4) is 11.1 Å². The van der Waals surface area contributed by atoms with Gasteiger partial charge in [0.25, 0.3) is 5.91 Å². The van der Waals surface area contributed by atoms with Crippen LogP contribution in [0.25, 0.3) is 16.7 Å². The summed E-state index contributed by atoms with van der Waals surface area (Å²) in [5.41, 5.74) is 9.81. The molecule has 5 rings (SSSR count). The van der Waals surface area contributed by atoms with Crippen LogP contribution in [0.5, 0.6) is 0 Å². The number of hydrogen-bond acceptors (Lipinski definition) is 5. The molecule has 1 aromatic heterocycles. The molecule has 7 heteroatoms. The third-order valence-corrected chi connectivity index (χ3v) is 8.63. The number of nitrogens with zero attached hydrogens (tertiary/aromatic N) is 2. The fraction of sp³-hybridized carbons (Fsp3) is 0.424. The number of carbonyl (C=O) groups is 2. The Hall–Kier alpha value is -3.58. The number of pyridine rings is 1. The number of hydrogen-bond donors (Lipinski definition) is 2. The summed E-state index contributed by atoms with van der Waals surface area (Å²) >= 11 is 0. The smallest absolute Gasteiger partial charge is 0.251 e. The van der Waals surface area contributed by atoms with E-state index in [2.05, 4.69) is 34.4 Å². The molecule has 0 bridgehead atoms. The number of anilines is 1. The van der Waals surface area contributed by atoms with Gasteiger partial charge in [-0.15, -0.1) is 0 Å². The van der Waals surface area contributed by atoms with Gasteiger partial charge in [0.2, 0.25) is 0 Å². The molecule has 1 aromatic carbocycles. The predicted molar refractivity (Wildman–Crippen MR) is 159 cm³/mol. The molecule has 0 saturated heterocycles. The number of rotatable bonds is 8. The zero-order chi connectivity index (χ0) is 28.6. The Morgan fingerprint density at radius 2 is 1.90 bits per heavy atom. The first-order chi connectivity index (χ1) is 19.2. The van der Waals surface area contributed by atoms with Crippen LogP contribution < -0.4 is 10.6 Å². The minimum atomic E-state index is -0.342. The van der Waals surface area contributed by atoms with Gasteiger partial charge >= 0.3 is 0 Å². The van der Waals surface area contributed by atoms with E-state index in [-0.39, 0.29) is 23.9 Å². The molecule has 1 amide bonds. The molecule has 0 spiro atoms. The molecule has 0 radical (unpaired) electrons. The highest BCUT2D eigenvalue weighted by Gasteiger charge is 2.30. The van der Waals surface area contributed by atoms with Crippen LogP contribution in [-0.4, -0.2) is 54.3 Å². The summed E-state index contributed by atoms with van der Waals surface area (Å²) in [5, 5.41) is 6.50. The number of fused-ring (bicyclic) bond motifs is 2. The molecule has 0 atom stereocenters. The maximum atomic E-state index is 15.4. The highest BCUT2D eigenvalue weighted by molar-refractivity contribution is 6.26. The largest absolute Gasteiger partial charge is 0.383 e. The Morgan fingerprint density at radius 1 is 1.12 bits per heavy atom. The topological polar surface area (TPSA) is 74.3 Å². The molecule has 2 heterocycles. The number of aromatic nitrogens is 1. The van der Waals surface area contributed by atoms with Crippen molar-refractivity contribution in [3.05, 3.63) is 74.9 Å². The Morgan fingerprint density at radius 3 is 2.65 bits per heavy atom. The normalized spacial score (nSPS) is 17.6. The summed E-state index contributed by atoms with van der Waals surface area (Å²) < 4.78 is 15.4. The van der Waals surface area contributed by atoms with Gasteiger partial charge in [-0.3, -0.25) is 14.6 Å². The lowest BCUT2D eigenvalue weighted by Crippen LogP contribution is -2.35. The third-order valence-electron chi connectivity index (χ3n) is 8.63. The summed E-state index contributed by atoms with van der Waals surface area (Å²) in [7, 11) is 0. The van der Waals surface area contributed by atoms with E-state index < -0.39 is 0 Å². The van der Waals surface area contributed by atoms with Crippen LogP contribution in [0.1, 0.15) is 62.9 Å². The number of nitrogens with one attached hydrogen (secondary N) is 2. The molecule has 2 aromatic rings. The van der Waals surface area contributed by atoms with Gasteiger partial charge in [-0.1, -0.05) is 19.4 Å². The van der Waals surface area contributed by atoms with E-state index in [1.54, 1.807) is 6.20 Å². The van der Waals surface area contributed by atoms with Crippen molar-refractivity contribution >= 4 is 23.0 Å². The number of carbonyl (C=O) groups excluding carboxylic acids is 2. The maximum absolute atomic E-state index is 15.4. The molecule has 3 aliphatic rings. The summed E-state index contributed by atoms with van der Waals surface area (Å²) in [5.74, 6) is -0.434. The number of allylic oxidation sites excluding steroid dienone is 4. The van der Waals surface area contributed by atoms with Crippen molar-refractivity contribution in [3.63, 3.8) is 0 Å². The molecule has 210 valence electrons. The number of aryl methyl sites for hydroxylation is 1. The first-order valence-corrected chi connectivity index (χ1v) is 14.4. The fourth-order valence-corrected chi connectivity index (χ4v) is 6.26. The quantitative estimate of drug-likeness (QED) is 0.428. The maximum Gasteiger partial charge on any atom is 0.251 e. The molecule has 0 unspecified atom stereocenters. The molecule has 0 saturated carbocycles. The molecule has 1 aliphatic heterocycles. The zero-order valence-corrected chi connectivity index (χ0v) is 24.3. The van der Waals surface area contributed by atoms with Crippen LogP contribution in [0.2, 0.25) is 0 Å². The molecule has 6 nitrogen and oxygen atoms in total. The minimum Gasteiger partial charge on any atom is -0.383 e. The summed E-state index contributed by atoms with van der Waals surface area (Å²) in [6, 6.07) is 3.32. The lowest BCUT2D eigenvalue weighted by atomic mass is 9.93. The monoisotopic (exact) mass is 542 g/mol. The first-order valence-electron chi connectivity index (χ1n) is 14.4. The van der Waals surface area contributed by atoms with Gasteiger partial charge in [-0.2, -0.15) is 0 Å². The highest BCUT2D eigenvalue weighted by Crippen LogP contribution is 2.41. The number of Topliss-reactive ketones (excluding diaryl/α,β-unsaturated/α-hetero) is 1. The van der Waals surface area contributed by atoms with Crippen LogP contribution in [0.3, 0.4) is 0 Å². The molecule has 0 fully saturated rings. The van der Waals surface area contributed by atoms with E-state index in [9.17, 15) is 9.59 Å². The van der Waals surface area contributed by atoms with E-state index in [1.807, 2.05) is 32.9 Å². The van der Waals surface area contributed by atoms with Crippen LogP contribution >= 0.6 is 0 Å². The van der Waals surface area contributed by atoms with Crippen LogP contribution in [0, 0.1) is 12.7 Å². The Bertz CT molecular complexity index is 1480. The van der Waals surface area contributed by atoms with Gasteiger partial charge in [0, 0.05) is 54.5 Å². The molecule has 2 N–H and O–H groups in total. The lowest BCUT2D eigenvalue weighted by molar-refractivity contribution is -0.117. The van der Waals surface area contributed by atoms with Crippen molar-refractivity contribution in [2.45, 2.75) is 60.3 Å². The molecular weight excluding hydrogens is 503 g/mol. The first kappa shape index (κ1) is 28.0. The minimum absolute atomic E-state index is 0.0245. The van der Waals surface area contributed by atoms with Gasteiger partial charge in [0.1, 0.15) is 5.82 Å². The van der Waals surface area contributed by atoms with Gasteiger partial charge in [0.05, 0.1) is 11.4 Å². The van der Waals surface area contributed by atoms with Crippen molar-refractivity contribution in [1.29, 1.82) is 0 Å². The fourth-order valence-electron chi connectivity index (χ4n) is 6.26. The van der Waals surface area contributed by atoms with Gasteiger partial charge in [0.15, 0.2) is 5.78 Å². The number of amides is 1. The summed E-state index contributed by atoms with van der Waals surface area (Å²) in [6.07, 6.45) is 6.42. The second kappa shape index (κ2) is 11.5. The number of likely N-dealkylation sites (N-methyl/N-ethyl adjacent to an activating group) is 1. The van der Waals surface area contributed by atoms with Crippen molar-refractivity contribution in [2.24, 2.45) is 0 Å². The standard InChI is InChI=1S/C33H39FN4O2/c1-6-38(7-2)12-11-36-33(40)31-19(3)13-22(20(31)4)14-26-24-17-25(28(34)15-23(24)16-30(26)39)27-18-37-29-9-8-10-35-32(29)21(27)5/h14-15,17-18,35H,6-13,16H2,1-5H3,(H,36,40)/b26-14-. The lowest BCUT2D eigenvalue weighted by Gasteiger charge is -2.21. The van der Waals surface area contributed by atoms with E-state index in [0.717, 1.165) is 83.8 Å². The second-order valence-electron chi connectivity index (χ2n) is 11.1. The van der Waals surface area contributed by atoms with Crippen LogP contribution in [-0.2, 0) is 22.4 Å². The van der Waals surface area contributed by atoms with E-state index >= 15 is 4.39 Å². The molecule has 40 heavy (non-hydrogen) atoms. The number of halogens is 1. The number of benzene rings is 1. The van der Waals surface area contributed by atoms with Crippen molar-refractivity contribution in [2.75, 3.05) is 38.0 Å². The van der Waals surface area contributed by atoms with Gasteiger partial charge in [-0.25, -0.2) is 4.39 Å². The summed E-state index contributed by atoms with van der Waals surface area (Å²) in [6.45, 7) is 14.3. The van der Waals surface area contributed by atoms with E-state index in [4.69, 9.17) is 0 Å². The van der Waals surface area contributed by atoms with Crippen molar-refractivity contribution < 1.29 is 14.0 Å². The average Bonchev–Trinajstić information content (AvgIpc) is 3.39. The van der Waals surface area contributed by atoms with Gasteiger partial charge < -0.3 is 15.5 Å². The predicted octanol–water partition coefficient (Wildman–Crippen LogP) is 5.56. The van der Waals surface area contributed by atoms with Crippen molar-refractivity contribution in [1.82, 2.24) is 15.2 Å². The third kappa shape index (κ3) is 5.15. The Balaban J connectivity index is 1.44. The number of ketones is 1. The zero-order valence-electron chi connectivity index (χ0n) is 24.3. The van der Waals surface area contributed by atoms with Crippen LogP contribution in [0.15, 0.2) is 46.7 Å². The second-order valence-corrected chi connectivity index (χ2v) is 11.1. The van der Waals surface area contributed by atoms with E-state index in [0.29, 0.717) is 35.2 Å². The Labute approximate surface area is 236 Å². The van der Waals surface area contributed by atoms with Gasteiger partial charge in [-0.05, 0) is 99.2 Å². The molecular formula is C33H39FN4O2. The van der Waals surface area contributed by atoms with E-state index in [1.165, 1.54) is 6.07 Å². The summed E-state index contributed by atoms with van der Waals surface area (Å²) in [4.78, 5) is 33.1. The highest BCUT2D eigenvalue weighted by atomic mass is 19.1. The molecule has 2 aliphatic carbocycles.